The Morgan fingerprint density at radius 2 is 2.11 bits per heavy atom. The SMILES string of the molecule is COc1ccc2ncc(F)c(CCN3CC[C@@H]4CN(c5ccc6c(c5)NC(=O)CO6)C(=O)O[C@H]4C3)c2n1. The standard InChI is InChI=1S/C26H26FN5O5/c1-35-24-5-3-19-25(30-24)17(18(27)11-28-19)7-9-31-8-6-15-12-32(26(34)37-22(15)13-31)16-2-4-21-20(10-16)29-23(33)14-36-21/h2-5,10-11,15,22H,6-9,12-14H2,1H3,(H,29,33)/t15-,22+/m1/s1. The number of carbonyl (C=O) groups is 2. The highest BCUT2D eigenvalue weighted by molar-refractivity contribution is 5.97. The van der Waals surface area contributed by atoms with Crippen LogP contribution in [0.2, 0.25) is 0 Å². The Bertz CT molecular complexity index is 1380. The number of methoxy groups -OCH3 is 1. The van der Waals surface area contributed by atoms with Crippen molar-refractivity contribution in [2.45, 2.75) is 18.9 Å². The van der Waals surface area contributed by atoms with Crippen LogP contribution in [0.15, 0.2) is 36.5 Å². The van der Waals surface area contributed by atoms with E-state index in [4.69, 9.17) is 14.2 Å². The Morgan fingerprint density at radius 1 is 1.22 bits per heavy atom. The third kappa shape index (κ3) is 4.50. The number of nitrogens with zero attached hydrogens (tertiary/aromatic N) is 4. The fraction of sp³-hybridized carbons (Fsp3) is 0.385. The number of likely N-dealkylation sites (tertiary alicyclic amines) is 1. The molecule has 192 valence electrons. The van der Waals surface area contributed by atoms with Crippen molar-refractivity contribution in [3.05, 3.63) is 47.9 Å². The monoisotopic (exact) mass is 507 g/mol. The number of halogens is 1. The number of nitrogens with one attached hydrogen (secondary N) is 1. The molecule has 0 spiro atoms. The topological polar surface area (TPSA) is 106 Å². The van der Waals surface area contributed by atoms with Crippen molar-refractivity contribution in [3.63, 3.8) is 0 Å². The molecule has 10 nitrogen and oxygen atoms in total. The second-order valence-corrected chi connectivity index (χ2v) is 9.46. The molecule has 0 radical (unpaired) electrons. The van der Waals surface area contributed by atoms with Crippen LogP contribution in [0, 0.1) is 11.7 Å². The molecule has 3 aliphatic heterocycles. The number of hydrogen-bond donors (Lipinski definition) is 1. The maximum absolute atomic E-state index is 14.7. The second-order valence-electron chi connectivity index (χ2n) is 9.46. The normalized spacial score (nSPS) is 21.5. The van der Waals surface area contributed by atoms with Gasteiger partial charge in [0, 0.05) is 42.9 Å². The summed E-state index contributed by atoms with van der Waals surface area (Å²) in [5.41, 5.74) is 2.81. The Hall–Kier alpha value is -3.99. The molecule has 1 aromatic carbocycles. The summed E-state index contributed by atoms with van der Waals surface area (Å²) in [4.78, 5) is 36.9. The molecular formula is C26H26FN5O5. The van der Waals surface area contributed by atoms with Gasteiger partial charge in [0.2, 0.25) is 5.88 Å². The third-order valence-corrected chi connectivity index (χ3v) is 7.20. The van der Waals surface area contributed by atoms with Gasteiger partial charge in [-0.1, -0.05) is 0 Å². The zero-order valence-corrected chi connectivity index (χ0v) is 20.3. The Labute approximate surface area is 212 Å². The molecule has 3 aromatic rings. The zero-order chi connectivity index (χ0) is 25.5. The molecule has 0 unspecified atom stereocenters. The summed E-state index contributed by atoms with van der Waals surface area (Å²) in [6, 6.07) is 8.75. The van der Waals surface area contributed by atoms with E-state index in [1.54, 1.807) is 35.2 Å². The van der Waals surface area contributed by atoms with Crippen LogP contribution in [0.4, 0.5) is 20.6 Å². The summed E-state index contributed by atoms with van der Waals surface area (Å²) >= 11 is 0. The predicted molar refractivity (Wildman–Crippen MR) is 132 cm³/mol. The van der Waals surface area contributed by atoms with Crippen molar-refractivity contribution >= 4 is 34.4 Å². The van der Waals surface area contributed by atoms with Crippen LogP contribution in [0.3, 0.4) is 0 Å². The van der Waals surface area contributed by atoms with E-state index in [0.717, 1.165) is 13.0 Å². The largest absolute Gasteiger partial charge is 0.482 e. The lowest BCUT2D eigenvalue weighted by Crippen LogP contribution is -2.56. The van der Waals surface area contributed by atoms with Crippen molar-refractivity contribution in [2.24, 2.45) is 5.92 Å². The Morgan fingerprint density at radius 3 is 2.97 bits per heavy atom. The van der Waals surface area contributed by atoms with Crippen LogP contribution >= 0.6 is 0 Å². The van der Waals surface area contributed by atoms with Gasteiger partial charge < -0.3 is 19.5 Å². The van der Waals surface area contributed by atoms with Crippen molar-refractivity contribution in [2.75, 3.05) is 50.1 Å². The molecule has 0 bridgehead atoms. The van der Waals surface area contributed by atoms with E-state index in [9.17, 15) is 14.0 Å². The quantitative estimate of drug-likeness (QED) is 0.562. The number of piperidine rings is 1. The number of rotatable bonds is 5. The average Bonchev–Trinajstić information content (AvgIpc) is 2.91. The van der Waals surface area contributed by atoms with Crippen LogP contribution in [-0.4, -0.2) is 72.9 Å². The van der Waals surface area contributed by atoms with Crippen molar-refractivity contribution in [1.82, 2.24) is 14.9 Å². The molecule has 6 rings (SSSR count). The molecule has 37 heavy (non-hydrogen) atoms. The number of carbonyl (C=O) groups excluding carboxylic acids is 2. The molecular weight excluding hydrogens is 481 g/mol. The summed E-state index contributed by atoms with van der Waals surface area (Å²) in [6.45, 7) is 2.50. The van der Waals surface area contributed by atoms with Gasteiger partial charge in [-0.2, -0.15) is 0 Å². The minimum Gasteiger partial charge on any atom is -0.482 e. The lowest BCUT2D eigenvalue weighted by Gasteiger charge is -2.44. The molecule has 1 N–H and O–H groups in total. The van der Waals surface area contributed by atoms with Crippen molar-refractivity contribution in [3.8, 4) is 11.6 Å². The van der Waals surface area contributed by atoms with Crippen molar-refractivity contribution < 1.29 is 28.2 Å². The first-order valence-electron chi connectivity index (χ1n) is 12.2. The summed E-state index contributed by atoms with van der Waals surface area (Å²) in [6.07, 6.45) is 1.85. The van der Waals surface area contributed by atoms with Gasteiger partial charge in [-0.25, -0.2) is 14.2 Å². The van der Waals surface area contributed by atoms with E-state index < -0.39 is 11.9 Å². The summed E-state index contributed by atoms with van der Waals surface area (Å²) in [7, 11) is 1.52. The van der Waals surface area contributed by atoms with Gasteiger partial charge in [0.25, 0.3) is 5.91 Å². The van der Waals surface area contributed by atoms with Gasteiger partial charge in [-0.15, -0.1) is 0 Å². The van der Waals surface area contributed by atoms with Crippen molar-refractivity contribution in [1.29, 1.82) is 0 Å². The maximum Gasteiger partial charge on any atom is 0.414 e. The minimum absolute atomic E-state index is 0.0207. The number of fused-ring (bicyclic) bond motifs is 3. The fourth-order valence-corrected chi connectivity index (χ4v) is 5.23. The summed E-state index contributed by atoms with van der Waals surface area (Å²) in [5, 5.41) is 2.77. The van der Waals surface area contributed by atoms with E-state index in [1.165, 1.54) is 13.3 Å². The molecule has 11 heteroatoms. The van der Waals surface area contributed by atoms with Gasteiger partial charge >= 0.3 is 6.09 Å². The molecule has 2 atom stereocenters. The molecule has 2 aromatic heterocycles. The molecule has 2 amide bonds. The molecule has 5 heterocycles. The molecule has 2 saturated heterocycles. The van der Waals surface area contributed by atoms with E-state index in [1.807, 2.05) is 0 Å². The number of pyridine rings is 2. The predicted octanol–water partition coefficient (Wildman–Crippen LogP) is 3.00. The number of aromatic nitrogens is 2. The van der Waals surface area contributed by atoms with Crippen LogP contribution in [0.1, 0.15) is 12.0 Å². The highest BCUT2D eigenvalue weighted by Crippen LogP contribution is 2.35. The van der Waals surface area contributed by atoms with Gasteiger partial charge in [-0.05, 0) is 43.7 Å². The Balaban J connectivity index is 1.12. The molecule has 2 fully saturated rings. The smallest absolute Gasteiger partial charge is 0.414 e. The van der Waals surface area contributed by atoms with E-state index in [0.29, 0.717) is 65.7 Å². The minimum atomic E-state index is -0.423. The summed E-state index contributed by atoms with van der Waals surface area (Å²) < 4.78 is 31.2. The van der Waals surface area contributed by atoms with E-state index >= 15 is 0 Å². The highest BCUT2D eigenvalue weighted by Gasteiger charge is 2.40. The van der Waals surface area contributed by atoms with Gasteiger partial charge in [0.05, 0.1) is 30.0 Å². The number of ether oxygens (including phenoxy) is 3. The van der Waals surface area contributed by atoms with Crippen LogP contribution in [-0.2, 0) is 16.0 Å². The second kappa shape index (κ2) is 9.47. The van der Waals surface area contributed by atoms with Gasteiger partial charge in [0.1, 0.15) is 17.7 Å². The van der Waals surface area contributed by atoms with Gasteiger partial charge in [-0.3, -0.25) is 19.6 Å². The first kappa shape index (κ1) is 23.4. The fourth-order valence-electron chi connectivity index (χ4n) is 5.23. The number of benzene rings is 1. The molecule has 3 aliphatic rings. The number of amides is 2. The van der Waals surface area contributed by atoms with E-state index in [-0.39, 0.29) is 24.5 Å². The lowest BCUT2D eigenvalue weighted by atomic mass is 9.91. The van der Waals surface area contributed by atoms with Crippen LogP contribution in [0.5, 0.6) is 11.6 Å². The summed E-state index contributed by atoms with van der Waals surface area (Å²) in [5.74, 6) is 0.532. The van der Waals surface area contributed by atoms with Crippen LogP contribution in [0.25, 0.3) is 11.0 Å². The first-order chi connectivity index (χ1) is 18.0. The average molecular weight is 508 g/mol. The zero-order valence-electron chi connectivity index (χ0n) is 20.3. The van der Waals surface area contributed by atoms with Gasteiger partial charge in [0.15, 0.2) is 6.61 Å². The van der Waals surface area contributed by atoms with E-state index in [2.05, 4.69) is 20.2 Å². The number of anilines is 2. The highest BCUT2D eigenvalue weighted by atomic mass is 19.1. The lowest BCUT2D eigenvalue weighted by molar-refractivity contribution is -0.118. The molecule has 0 saturated carbocycles. The van der Waals surface area contributed by atoms with Crippen LogP contribution < -0.4 is 19.7 Å². The third-order valence-electron chi connectivity index (χ3n) is 7.20. The molecule has 0 aliphatic carbocycles. The maximum atomic E-state index is 14.7. The Kier molecular flexibility index (Phi) is 5.99. The number of hydrogen-bond acceptors (Lipinski definition) is 8. The first-order valence-corrected chi connectivity index (χ1v) is 12.2.